The summed E-state index contributed by atoms with van der Waals surface area (Å²) in [4.78, 5) is 4.81. The largest absolute Gasteiger partial charge is 0.457 e. The molecule has 0 unspecified atom stereocenters. The van der Waals surface area contributed by atoms with Crippen molar-refractivity contribution in [1.82, 2.24) is 23.6 Å². The molecule has 0 aliphatic carbocycles. The Labute approximate surface area is 261 Å². The van der Waals surface area contributed by atoms with E-state index in [0.717, 1.165) is 56.5 Å². The van der Waals surface area contributed by atoms with Crippen molar-refractivity contribution < 1.29 is 9.42 Å². The summed E-state index contributed by atoms with van der Waals surface area (Å²) < 4.78 is 14.5. The third-order valence-corrected chi connectivity index (χ3v) is 8.28. The van der Waals surface area contributed by atoms with Gasteiger partial charge >= 0.3 is 0 Å². The van der Waals surface area contributed by atoms with Crippen molar-refractivity contribution in [3.63, 3.8) is 0 Å². The molecule has 0 amide bonds. The van der Waals surface area contributed by atoms with Gasteiger partial charge in [-0.25, -0.2) is 9.67 Å². The van der Waals surface area contributed by atoms with Crippen LogP contribution in [0.3, 0.4) is 0 Å². The summed E-state index contributed by atoms with van der Waals surface area (Å²) in [7, 11) is 1.88. The first-order chi connectivity index (χ1) is 21.8. The molecule has 0 saturated carbocycles. The molecule has 0 atom stereocenters. The van der Waals surface area contributed by atoms with Crippen LogP contribution in [0.1, 0.15) is 26.3 Å². The highest BCUT2D eigenvalue weighted by Crippen LogP contribution is 2.36. The molecule has 0 saturated heterocycles. The molecule has 0 spiro atoms. The molecule has 8 rings (SSSR count). The minimum atomic E-state index is 0.00917. The normalized spacial score (nSPS) is 12.0. The molecule has 7 heteroatoms. The first-order valence-electron chi connectivity index (χ1n) is 15.1. The van der Waals surface area contributed by atoms with E-state index in [9.17, 15) is 0 Å². The second kappa shape index (κ2) is 10.2. The topological polar surface area (TPSA) is 53.2 Å². The van der Waals surface area contributed by atoms with Gasteiger partial charge < -0.3 is 13.7 Å². The molecule has 7 nitrogen and oxygen atoms in total. The first kappa shape index (κ1) is 26.9. The Kier molecular flexibility index (Phi) is 6.10. The van der Waals surface area contributed by atoms with Crippen molar-refractivity contribution in [3.05, 3.63) is 133 Å². The maximum Gasteiger partial charge on any atom is 0.235 e. The van der Waals surface area contributed by atoms with Crippen LogP contribution in [0.2, 0.25) is 0 Å². The number of para-hydroxylation sites is 2. The van der Waals surface area contributed by atoms with Crippen molar-refractivity contribution in [2.45, 2.75) is 26.2 Å². The van der Waals surface area contributed by atoms with Crippen LogP contribution in [0.5, 0.6) is 11.5 Å². The van der Waals surface area contributed by atoms with Crippen LogP contribution >= 0.6 is 0 Å². The molecule has 0 aliphatic rings. The molecule has 0 fully saturated rings. The fourth-order valence-electron chi connectivity index (χ4n) is 6.05. The summed E-state index contributed by atoms with van der Waals surface area (Å²) in [5.74, 6) is 3.17. The number of imidazole rings is 1. The summed E-state index contributed by atoms with van der Waals surface area (Å²) in [5, 5.41) is 7.01. The minimum Gasteiger partial charge on any atom is -0.457 e. The second-order valence-corrected chi connectivity index (χ2v) is 12.4. The van der Waals surface area contributed by atoms with Crippen molar-refractivity contribution >= 4 is 27.6 Å². The molecule has 0 bridgehead atoms. The molecule has 220 valence electrons. The van der Waals surface area contributed by atoms with E-state index in [-0.39, 0.29) is 5.41 Å². The number of ether oxygens (including phenoxy) is 1. The minimum absolute atomic E-state index is 0.00917. The van der Waals surface area contributed by atoms with Gasteiger partial charge in [0.2, 0.25) is 12.1 Å². The molecule has 8 aromatic rings. The Hall–Kier alpha value is -5.69. The van der Waals surface area contributed by atoms with Crippen LogP contribution in [0.25, 0.3) is 50.3 Å². The zero-order chi connectivity index (χ0) is 30.7. The van der Waals surface area contributed by atoms with Crippen molar-refractivity contribution in [1.29, 1.82) is 0 Å². The highest BCUT2D eigenvalue weighted by molar-refractivity contribution is 6.09. The summed E-state index contributed by atoms with van der Waals surface area (Å²) in [5.41, 5.74) is 6.41. The highest BCUT2D eigenvalue weighted by atomic mass is 16.5. The molecule has 0 radical (unpaired) electrons. The smallest absolute Gasteiger partial charge is 0.235 e. The zero-order valence-corrected chi connectivity index (χ0v) is 25.6. The standard InChI is InChI=1S/C38H32N6O/c1-38(2,3)27-19-20-39-36(22-27)44-33-16-9-8-15-31(33)32-18-17-30(23-34(32)44)45-29-14-10-11-26(21-29)35-24-42(28-12-6-5-7-13-28)37-40-41(4)25-43(35)37/h5-24H,1-4H3. The number of benzene rings is 4. The molecule has 45 heavy (non-hydrogen) atoms. The zero-order valence-electron chi connectivity index (χ0n) is 25.6. The Bertz CT molecular complexity index is 2350. The Morgan fingerprint density at radius 3 is 2.38 bits per heavy atom. The quantitative estimate of drug-likeness (QED) is 0.151. The first-order valence-corrected chi connectivity index (χ1v) is 15.1. The lowest BCUT2D eigenvalue weighted by Gasteiger charge is -2.20. The maximum absolute atomic E-state index is 6.54. The van der Waals surface area contributed by atoms with Gasteiger partial charge in [0.15, 0.2) is 0 Å². The predicted molar refractivity (Wildman–Crippen MR) is 177 cm³/mol. The van der Waals surface area contributed by atoms with Gasteiger partial charge in [-0.05, 0) is 77.3 Å². The number of hydrogen-bond acceptors (Lipinski definition) is 3. The van der Waals surface area contributed by atoms with Crippen LogP contribution in [-0.4, -0.2) is 23.6 Å². The molecule has 0 N–H and O–H groups in total. The van der Waals surface area contributed by atoms with Crippen LogP contribution in [0, 0.1) is 6.33 Å². The number of aromatic nitrogens is 6. The van der Waals surface area contributed by atoms with Gasteiger partial charge in [-0.3, -0.25) is 4.57 Å². The number of nitrogens with zero attached hydrogens (tertiary/aromatic N) is 6. The van der Waals surface area contributed by atoms with Gasteiger partial charge in [0.1, 0.15) is 17.3 Å². The van der Waals surface area contributed by atoms with Crippen LogP contribution in [0.15, 0.2) is 122 Å². The lowest BCUT2D eigenvalue weighted by Crippen LogP contribution is -2.29. The van der Waals surface area contributed by atoms with Crippen LogP contribution in [-0.2, 0) is 12.5 Å². The molecular formula is C38H32N6O. The number of fused-ring (bicyclic) bond motifs is 4. The van der Waals surface area contributed by atoms with Gasteiger partial charge in [-0.1, -0.05) is 74.4 Å². The van der Waals surface area contributed by atoms with E-state index in [1.54, 1.807) is 4.68 Å². The van der Waals surface area contributed by atoms with Crippen molar-refractivity contribution in [2.75, 3.05) is 0 Å². The number of rotatable bonds is 5. The molecule has 4 aromatic carbocycles. The maximum atomic E-state index is 6.54. The lowest BCUT2D eigenvalue weighted by molar-refractivity contribution is -0.731. The second-order valence-electron chi connectivity index (χ2n) is 12.4. The lowest BCUT2D eigenvalue weighted by atomic mass is 9.88. The van der Waals surface area contributed by atoms with E-state index in [0.29, 0.717) is 0 Å². The molecule has 0 aliphatic heterocycles. The summed E-state index contributed by atoms with van der Waals surface area (Å²) in [6.07, 6.45) is 7.30. The summed E-state index contributed by atoms with van der Waals surface area (Å²) in [6, 6.07) is 37.4. The third-order valence-electron chi connectivity index (χ3n) is 8.28. The number of pyridine rings is 1. The van der Waals surface area contributed by atoms with E-state index in [4.69, 9.17) is 9.72 Å². The highest BCUT2D eigenvalue weighted by Gasteiger charge is 2.18. The molecular weight excluding hydrogens is 556 g/mol. The molecule has 4 aromatic heterocycles. The Morgan fingerprint density at radius 2 is 1.53 bits per heavy atom. The van der Waals surface area contributed by atoms with Gasteiger partial charge in [0.25, 0.3) is 0 Å². The Balaban J connectivity index is 1.21. The van der Waals surface area contributed by atoms with Gasteiger partial charge in [0, 0.05) is 34.4 Å². The van der Waals surface area contributed by atoms with Crippen LogP contribution in [0.4, 0.5) is 0 Å². The summed E-state index contributed by atoms with van der Waals surface area (Å²) in [6.45, 7) is 6.68. The number of aryl methyl sites for hydroxylation is 1. The van der Waals surface area contributed by atoms with Crippen molar-refractivity contribution in [3.8, 4) is 34.3 Å². The van der Waals surface area contributed by atoms with Crippen LogP contribution < -0.4 is 9.42 Å². The number of hydrogen-bond donors (Lipinski definition) is 0. The van der Waals surface area contributed by atoms with E-state index in [1.807, 2.05) is 54.0 Å². The van der Waals surface area contributed by atoms with E-state index in [1.165, 1.54) is 10.9 Å². The van der Waals surface area contributed by atoms with Gasteiger partial charge in [-0.15, -0.1) is 0 Å². The third kappa shape index (κ3) is 4.64. The average Bonchev–Trinajstić information content (AvgIpc) is 3.70. The van der Waals surface area contributed by atoms with E-state index in [2.05, 4.69) is 120 Å². The van der Waals surface area contributed by atoms with Gasteiger partial charge in [-0.2, -0.15) is 0 Å². The average molecular weight is 589 g/mol. The van der Waals surface area contributed by atoms with E-state index >= 15 is 0 Å². The van der Waals surface area contributed by atoms with Crippen molar-refractivity contribution in [2.24, 2.45) is 7.05 Å². The predicted octanol–water partition coefficient (Wildman–Crippen LogP) is 8.00. The SMILES string of the molecule is C[n+]1[c-]n2c(-c3cccc(Oc4ccc5c6ccccc6n(-c6cc(C(C)(C)C)ccn6)c5c4)c3)cn(-c3ccccc3)c2n1. The fourth-order valence-corrected chi connectivity index (χ4v) is 6.05. The molecule has 4 heterocycles. The van der Waals surface area contributed by atoms with Gasteiger partial charge in [0.05, 0.1) is 18.1 Å². The fraction of sp³-hybridized carbons (Fsp3) is 0.132. The monoisotopic (exact) mass is 588 g/mol. The summed E-state index contributed by atoms with van der Waals surface area (Å²) >= 11 is 0. The Morgan fingerprint density at radius 1 is 0.756 bits per heavy atom. The van der Waals surface area contributed by atoms with E-state index < -0.39 is 0 Å².